The molecule has 0 saturated carbocycles. The second-order valence-corrected chi connectivity index (χ2v) is 6.16. The number of rotatable bonds is 7. The molecule has 0 bridgehead atoms. The number of benzene rings is 1. The van der Waals surface area contributed by atoms with E-state index in [4.69, 9.17) is 0 Å². The lowest BCUT2D eigenvalue weighted by atomic mass is 10.1. The van der Waals surface area contributed by atoms with Crippen molar-refractivity contribution in [1.82, 2.24) is 10.2 Å². The number of carbonyl (C=O) groups is 1. The predicted octanol–water partition coefficient (Wildman–Crippen LogP) is 3.64. The average Bonchev–Trinajstić information content (AvgIpc) is 3.03. The number of hydrogen-bond donors (Lipinski definition) is 2. The number of anilines is 2. The fourth-order valence-corrected chi connectivity index (χ4v) is 3.31. The van der Waals surface area contributed by atoms with Gasteiger partial charge in [0, 0.05) is 30.8 Å². The van der Waals surface area contributed by atoms with E-state index in [1.165, 1.54) is 29.5 Å². The van der Waals surface area contributed by atoms with Crippen LogP contribution in [-0.2, 0) is 0 Å². The zero-order chi connectivity index (χ0) is 17.7. The van der Waals surface area contributed by atoms with Gasteiger partial charge in [-0.25, -0.2) is 0 Å². The van der Waals surface area contributed by atoms with Gasteiger partial charge in [0.1, 0.15) is 5.01 Å². The summed E-state index contributed by atoms with van der Waals surface area (Å²) in [6.45, 7) is 4.16. The van der Waals surface area contributed by atoms with E-state index in [-0.39, 0.29) is 11.3 Å². The van der Waals surface area contributed by atoms with Crippen LogP contribution in [-0.4, -0.2) is 28.1 Å². The average molecular weight is 349 g/mol. The molecule has 8 nitrogen and oxygen atoms in total. The van der Waals surface area contributed by atoms with Gasteiger partial charge in [-0.05, 0) is 18.9 Å². The molecule has 0 spiro atoms. The molecule has 9 heteroatoms. The van der Waals surface area contributed by atoms with Gasteiger partial charge in [-0.3, -0.25) is 20.2 Å². The Hall–Kier alpha value is -2.55. The number of nitrogens with zero attached hydrogens (tertiary/aromatic N) is 3. The summed E-state index contributed by atoms with van der Waals surface area (Å²) in [5, 5.41) is 25.8. The first kappa shape index (κ1) is 17.8. The number of hydrogen-bond acceptors (Lipinski definition) is 7. The largest absolute Gasteiger partial charge is 0.387 e. The van der Waals surface area contributed by atoms with E-state index in [9.17, 15) is 14.9 Å². The summed E-state index contributed by atoms with van der Waals surface area (Å²) in [6.07, 6.45) is 1.90. The SMILES string of the molecule is CCC(CC)c1nnc(NC(=O)c2cc([N+](=O)[O-])ccc2NC)s1. The number of nitro benzene ring substituents is 1. The Balaban J connectivity index is 2.23. The molecule has 0 radical (unpaired) electrons. The lowest BCUT2D eigenvalue weighted by Gasteiger charge is -2.08. The maximum Gasteiger partial charge on any atom is 0.270 e. The Bertz CT molecular complexity index is 742. The standard InChI is InChI=1S/C15H19N5O3S/c1-4-9(5-2)14-18-19-15(24-14)17-13(21)11-8-10(20(22)23)6-7-12(11)16-3/h6-9,16H,4-5H2,1-3H3,(H,17,19,21). The fraction of sp³-hybridized carbons (Fsp3) is 0.400. The van der Waals surface area contributed by atoms with Crippen LogP contribution in [0.15, 0.2) is 18.2 Å². The molecular weight excluding hydrogens is 330 g/mol. The van der Waals surface area contributed by atoms with Gasteiger partial charge in [0.05, 0.1) is 10.5 Å². The molecule has 0 unspecified atom stereocenters. The number of nitro groups is 1. The van der Waals surface area contributed by atoms with Gasteiger partial charge < -0.3 is 5.32 Å². The first-order valence-electron chi connectivity index (χ1n) is 7.61. The first-order valence-corrected chi connectivity index (χ1v) is 8.42. The fourth-order valence-electron chi connectivity index (χ4n) is 2.30. The Morgan fingerprint density at radius 1 is 1.33 bits per heavy atom. The van der Waals surface area contributed by atoms with Gasteiger partial charge in [-0.15, -0.1) is 10.2 Å². The minimum Gasteiger partial charge on any atom is -0.387 e. The molecule has 1 heterocycles. The quantitative estimate of drug-likeness (QED) is 0.583. The number of carbonyl (C=O) groups excluding carboxylic acids is 1. The van der Waals surface area contributed by atoms with Gasteiger partial charge in [0.15, 0.2) is 0 Å². The van der Waals surface area contributed by atoms with Crippen molar-refractivity contribution in [3.63, 3.8) is 0 Å². The molecule has 0 aliphatic carbocycles. The van der Waals surface area contributed by atoms with Crippen LogP contribution >= 0.6 is 11.3 Å². The topological polar surface area (TPSA) is 110 Å². The smallest absolute Gasteiger partial charge is 0.270 e. The molecule has 1 aromatic carbocycles. The van der Waals surface area contributed by atoms with E-state index in [0.29, 0.717) is 16.7 Å². The van der Waals surface area contributed by atoms with Crippen LogP contribution in [0.5, 0.6) is 0 Å². The van der Waals surface area contributed by atoms with Crippen molar-refractivity contribution < 1.29 is 9.72 Å². The third kappa shape index (κ3) is 3.85. The minimum atomic E-state index is -0.535. The summed E-state index contributed by atoms with van der Waals surface area (Å²) in [7, 11) is 1.65. The second-order valence-electron chi connectivity index (χ2n) is 5.15. The highest BCUT2D eigenvalue weighted by Crippen LogP contribution is 2.29. The summed E-state index contributed by atoms with van der Waals surface area (Å²) in [6, 6.07) is 4.09. The van der Waals surface area contributed by atoms with E-state index in [2.05, 4.69) is 34.7 Å². The van der Waals surface area contributed by atoms with Crippen molar-refractivity contribution >= 4 is 33.8 Å². The van der Waals surface area contributed by atoms with Crippen molar-refractivity contribution in [2.75, 3.05) is 17.7 Å². The molecule has 2 rings (SSSR count). The van der Waals surface area contributed by atoms with E-state index in [0.717, 1.165) is 17.8 Å². The van der Waals surface area contributed by atoms with Crippen LogP contribution in [0.4, 0.5) is 16.5 Å². The molecule has 1 aromatic heterocycles. The van der Waals surface area contributed by atoms with Crippen molar-refractivity contribution in [3.05, 3.63) is 38.9 Å². The van der Waals surface area contributed by atoms with Crippen LogP contribution in [0.2, 0.25) is 0 Å². The van der Waals surface area contributed by atoms with Crippen molar-refractivity contribution in [2.24, 2.45) is 0 Å². The number of non-ortho nitro benzene ring substituents is 1. The summed E-state index contributed by atoms with van der Waals surface area (Å²) < 4.78 is 0. The molecule has 2 aromatic rings. The molecular formula is C15H19N5O3S. The van der Waals surface area contributed by atoms with Crippen LogP contribution < -0.4 is 10.6 Å². The monoisotopic (exact) mass is 349 g/mol. The zero-order valence-corrected chi connectivity index (χ0v) is 14.5. The van der Waals surface area contributed by atoms with Gasteiger partial charge in [0.2, 0.25) is 5.13 Å². The van der Waals surface area contributed by atoms with Crippen LogP contribution in [0.1, 0.15) is 48.0 Å². The van der Waals surface area contributed by atoms with Gasteiger partial charge >= 0.3 is 0 Å². The lowest BCUT2D eigenvalue weighted by Crippen LogP contribution is -2.14. The molecule has 1 amide bonds. The Morgan fingerprint density at radius 3 is 2.62 bits per heavy atom. The summed E-state index contributed by atoms with van der Waals surface area (Å²) >= 11 is 1.33. The first-order chi connectivity index (χ1) is 11.5. The second kappa shape index (κ2) is 7.82. The van der Waals surface area contributed by atoms with Gasteiger partial charge in [-0.1, -0.05) is 25.2 Å². The van der Waals surface area contributed by atoms with E-state index >= 15 is 0 Å². The van der Waals surface area contributed by atoms with Crippen molar-refractivity contribution in [2.45, 2.75) is 32.6 Å². The highest BCUT2D eigenvalue weighted by Gasteiger charge is 2.19. The van der Waals surface area contributed by atoms with Crippen molar-refractivity contribution in [3.8, 4) is 0 Å². The van der Waals surface area contributed by atoms with Crippen LogP contribution in [0.25, 0.3) is 0 Å². The minimum absolute atomic E-state index is 0.144. The Kier molecular flexibility index (Phi) is 5.80. The van der Waals surface area contributed by atoms with Crippen LogP contribution in [0.3, 0.4) is 0 Å². The van der Waals surface area contributed by atoms with Gasteiger partial charge in [-0.2, -0.15) is 0 Å². The molecule has 0 fully saturated rings. The zero-order valence-electron chi connectivity index (χ0n) is 13.7. The molecule has 0 atom stereocenters. The third-order valence-electron chi connectivity index (χ3n) is 3.72. The highest BCUT2D eigenvalue weighted by molar-refractivity contribution is 7.15. The Morgan fingerprint density at radius 2 is 2.04 bits per heavy atom. The molecule has 0 aliphatic heterocycles. The van der Waals surface area contributed by atoms with Crippen LogP contribution in [0, 0.1) is 10.1 Å². The van der Waals surface area contributed by atoms with Gasteiger partial charge in [0.25, 0.3) is 11.6 Å². The normalized spacial score (nSPS) is 10.7. The molecule has 0 aliphatic rings. The molecule has 24 heavy (non-hydrogen) atoms. The maximum absolute atomic E-state index is 12.5. The van der Waals surface area contributed by atoms with Crippen molar-refractivity contribution in [1.29, 1.82) is 0 Å². The summed E-state index contributed by atoms with van der Waals surface area (Å²) in [5.74, 6) is -0.144. The molecule has 128 valence electrons. The molecule has 2 N–H and O–H groups in total. The maximum atomic E-state index is 12.5. The number of amides is 1. The third-order valence-corrected chi connectivity index (χ3v) is 4.73. The number of aromatic nitrogens is 2. The summed E-state index contributed by atoms with van der Waals surface area (Å²) in [4.78, 5) is 22.8. The predicted molar refractivity (Wildman–Crippen MR) is 93.8 cm³/mol. The number of nitrogens with one attached hydrogen (secondary N) is 2. The lowest BCUT2D eigenvalue weighted by molar-refractivity contribution is -0.384. The van der Waals surface area contributed by atoms with E-state index < -0.39 is 10.8 Å². The Labute approximate surface area is 143 Å². The van der Waals surface area contributed by atoms with E-state index in [1.54, 1.807) is 7.05 Å². The highest BCUT2D eigenvalue weighted by atomic mass is 32.1. The van der Waals surface area contributed by atoms with E-state index in [1.807, 2.05) is 0 Å². The molecule has 0 saturated heterocycles. The summed E-state index contributed by atoms with van der Waals surface area (Å²) in [5.41, 5.74) is 0.544.